The molecule has 0 aliphatic rings. The molecule has 0 bridgehead atoms. The van der Waals surface area contributed by atoms with Crippen LogP contribution in [0.4, 0.5) is 11.4 Å². The Morgan fingerprint density at radius 3 is 2.05 bits per heavy atom. The van der Waals surface area contributed by atoms with E-state index in [1.54, 1.807) is 18.2 Å². The molecule has 5 N–H and O–H groups in total. The van der Waals surface area contributed by atoms with Crippen LogP contribution in [0.25, 0.3) is 0 Å². The van der Waals surface area contributed by atoms with E-state index in [0.29, 0.717) is 5.69 Å². The van der Waals surface area contributed by atoms with Crippen molar-refractivity contribution in [2.24, 2.45) is 5.14 Å². The lowest BCUT2D eigenvalue weighted by Crippen LogP contribution is -2.20. The van der Waals surface area contributed by atoms with Crippen LogP contribution in [0, 0.1) is 0 Å². The number of nitrogens with one attached hydrogen (secondary N) is 1. The van der Waals surface area contributed by atoms with Crippen molar-refractivity contribution in [3.8, 4) is 0 Å². The van der Waals surface area contributed by atoms with Crippen LogP contribution in [0.2, 0.25) is 0 Å². The van der Waals surface area contributed by atoms with E-state index in [1.807, 2.05) is 0 Å². The van der Waals surface area contributed by atoms with Gasteiger partial charge in [0.2, 0.25) is 10.0 Å². The number of para-hydroxylation sites is 1. The second-order valence-electron chi connectivity index (χ2n) is 4.22. The van der Waals surface area contributed by atoms with Crippen molar-refractivity contribution in [3.63, 3.8) is 0 Å². The first-order valence-corrected chi connectivity index (χ1v) is 8.73. The first-order chi connectivity index (χ1) is 9.70. The Labute approximate surface area is 122 Å². The fraction of sp³-hybridized carbons (Fsp3) is 0. The molecular weight excluding hydrogens is 314 g/mol. The molecule has 112 valence electrons. The molecule has 0 radical (unpaired) electrons. The molecule has 0 aliphatic heterocycles. The maximum absolute atomic E-state index is 12.3. The molecule has 0 heterocycles. The van der Waals surface area contributed by atoms with Crippen LogP contribution in [0.1, 0.15) is 0 Å². The van der Waals surface area contributed by atoms with Gasteiger partial charge in [-0.25, -0.2) is 22.0 Å². The van der Waals surface area contributed by atoms with Crippen LogP contribution in [0.15, 0.2) is 58.3 Å². The molecule has 7 nitrogen and oxygen atoms in total. The van der Waals surface area contributed by atoms with Gasteiger partial charge in [-0.1, -0.05) is 18.2 Å². The summed E-state index contributed by atoms with van der Waals surface area (Å²) in [6, 6.07) is 11.5. The highest BCUT2D eigenvalue weighted by Crippen LogP contribution is 2.24. The van der Waals surface area contributed by atoms with Gasteiger partial charge in [0.25, 0.3) is 10.0 Å². The van der Waals surface area contributed by atoms with E-state index in [0.717, 1.165) is 12.1 Å². The van der Waals surface area contributed by atoms with Gasteiger partial charge in [0, 0.05) is 11.4 Å². The zero-order valence-electron chi connectivity index (χ0n) is 10.7. The Morgan fingerprint density at radius 1 is 0.857 bits per heavy atom. The Bertz CT molecular complexity index is 863. The van der Waals surface area contributed by atoms with Gasteiger partial charge >= 0.3 is 0 Å². The monoisotopic (exact) mass is 327 g/mol. The standard InChI is InChI=1S/C12H13N3O4S2/c13-9-6-7-11(12(8-9)20(14,16)17)21(18,19)15-10-4-2-1-3-5-10/h1-8,15H,13H2,(H2,14,16,17). The lowest BCUT2D eigenvalue weighted by molar-refractivity contribution is 0.586. The number of hydrogen-bond donors (Lipinski definition) is 3. The molecule has 0 aliphatic carbocycles. The molecule has 0 aromatic heterocycles. The van der Waals surface area contributed by atoms with Gasteiger partial charge in [0.05, 0.1) is 0 Å². The quantitative estimate of drug-likeness (QED) is 0.712. The van der Waals surface area contributed by atoms with Gasteiger partial charge in [-0.2, -0.15) is 0 Å². The van der Waals surface area contributed by atoms with Crippen LogP contribution >= 0.6 is 0 Å². The highest BCUT2D eigenvalue weighted by atomic mass is 32.2. The minimum Gasteiger partial charge on any atom is -0.399 e. The number of anilines is 2. The zero-order valence-corrected chi connectivity index (χ0v) is 12.4. The van der Waals surface area contributed by atoms with E-state index >= 15 is 0 Å². The van der Waals surface area contributed by atoms with Gasteiger partial charge < -0.3 is 5.73 Å². The lowest BCUT2D eigenvalue weighted by Gasteiger charge is -2.11. The van der Waals surface area contributed by atoms with Crippen molar-refractivity contribution in [1.29, 1.82) is 0 Å². The number of hydrogen-bond acceptors (Lipinski definition) is 5. The number of nitrogens with two attached hydrogens (primary N) is 2. The molecule has 21 heavy (non-hydrogen) atoms. The number of primary sulfonamides is 1. The van der Waals surface area contributed by atoms with Crippen molar-refractivity contribution >= 4 is 31.4 Å². The Balaban J connectivity index is 2.56. The molecule has 0 unspecified atom stereocenters. The molecule has 2 aromatic rings. The summed E-state index contributed by atoms with van der Waals surface area (Å²) in [4.78, 5) is -1.01. The largest absolute Gasteiger partial charge is 0.399 e. The van der Waals surface area contributed by atoms with Crippen molar-refractivity contribution in [2.45, 2.75) is 9.79 Å². The molecule has 0 spiro atoms. The summed E-state index contributed by atoms with van der Waals surface area (Å²) in [6.07, 6.45) is 0. The second kappa shape index (κ2) is 5.35. The Kier molecular flexibility index (Phi) is 3.90. The molecule has 0 saturated carbocycles. The minimum atomic E-state index is -4.23. The average molecular weight is 327 g/mol. The topological polar surface area (TPSA) is 132 Å². The number of rotatable bonds is 4. The third-order valence-corrected chi connectivity index (χ3v) is 5.11. The Morgan fingerprint density at radius 2 is 1.48 bits per heavy atom. The first kappa shape index (κ1) is 15.3. The predicted octanol–water partition coefficient (Wildman–Crippen LogP) is 0.717. The number of benzene rings is 2. The third kappa shape index (κ3) is 3.51. The van der Waals surface area contributed by atoms with Crippen LogP contribution in [-0.2, 0) is 20.0 Å². The van der Waals surface area contributed by atoms with E-state index in [9.17, 15) is 16.8 Å². The number of nitrogen functional groups attached to an aromatic ring is 1. The normalized spacial score (nSPS) is 12.0. The summed E-state index contributed by atoms with van der Waals surface area (Å²) in [5.41, 5.74) is 5.88. The predicted molar refractivity (Wildman–Crippen MR) is 79.5 cm³/mol. The Hall–Kier alpha value is -2.10. The smallest absolute Gasteiger partial charge is 0.263 e. The lowest BCUT2D eigenvalue weighted by atomic mass is 10.3. The maximum Gasteiger partial charge on any atom is 0.263 e. The summed E-state index contributed by atoms with van der Waals surface area (Å²) >= 11 is 0. The molecule has 9 heteroatoms. The average Bonchev–Trinajstić information content (AvgIpc) is 2.38. The highest BCUT2D eigenvalue weighted by molar-refractivity contribution is 7.94. The van der Waals surface area contributed by atoms with E-state index in [1.165, 1.54) is 18.2 Å². The molecule has 2 rings (SSSR count). The highest BCUT2D eigenvalue weighted by Gasteiger charge is 2.24. The molecule has 0 atom stereocenters. The van der Waals surface area contributed by atoms with Gasteiger partial charge in [0.1, 0.15) is 9.79 Å². The molecule has 0 saturated heterocycles. The second-order valence-corrected chi connectivity index (χ2v) is 7.40. The summed E-state index contributed by atoms with van der Waals surface area (Å²) < 4.78 is 50.0. The van der Waals surface area contributed by atoms with E-state index in [2.05, 4.69) is 4.72 Å². The molecule has 2 aromatic carbocycles. The maximum atomic E-state index is 12.3. The molecular formula is C12H13N3O4S2. The van der Waals surface area contributed by atoms with Crippen LogP contribution in [-0.4, -0.2) is 16.8 Å². The number of sulfonamides is 2. The van der Waals surface area contributed by atoms with Gasteiger partial charge in [-0.3, -0.25) is 4.72 Å². The van der Waals surface area contributed by atoms with Crippen LogP contribution in [0.3, 0.4) is 0 Å². The van der Waals surface area contributed by atoms with E-state index in [-0.39, 0.29) is 5.69 Å². The summed E-state index contributed by atoms with van der Waals surface area (Å²) in [5, 5.41) is 5.04. The summed E-state index contributed by atoms with van der Waals surface area (Å²) in [7, 11) is -8.34. The first-order valence-electron chi connectivity index (χ1n) is 5.70. The zero-order chi connectivity index (χ0) is 15.7. The molecule has 0 fully saturated rings. The van der Waals surface area contributed by atoms with Crippen molar-refractivity contribution < 1.29 is 16.8 Å². The van der Waals surface area contributed by atoms with Crippen molar-refractivity contribution in [2.75, 3.05) is 10.5 Å². The van der Waals surface area contributed by atoms with Gasteiger partial charge in [0.15, 0.2) is 0 Å². The fourth-order valence-electron chi connectivity index (χ4n) is 1.69. The van der Waals surface area contributed by atoms with Crippen LogP contribution in [0.5, 0.6) is 0 Å². The van der Waals surface area contributed by atoms with Gasteiger partial charge in [-0.15, -0.1) is 0 Å². The fourth-order valence-corrected chi connectivity index (χ4v) is 4.14. The molecule has 0 amide bonds. The van der Waals surface area contributed by atoms with Crippen molar-refractivity contribution in [3.05, 3.63) is 48.5 Å². The summed E-state index contributed by atoms with van der Waals surface area (Å²) in [6.45, 7) is 0. The third-order valence-electron chi connectivity index (χ3n) is 2.59. The van der Waals surface area contributed by atoms with E-state index in [4.69, 9.17) is 10.9 Å². The summed E-state index contributed by atoms with van der Waals surface area (Å²) in [5.74, 6) is 0. The van der Waals surface area contributed by atoms with E-state index < -0.39 is 29.8 Å². The van der Waals surface area contributed by atoms with Crippen LogP contribution < -0.4 is 15.6 Å². The SMILES string of the molecule is Nc1ccc(S(=O)(=O)Nc2ccccc2)c(S(N)(=O)=O)c1. The minimum absolute atomic E-state index is 0.0951. The van der Waals surface area contributed by atoms with Gasteiger partial charge in [-0.05, 0) is 30.3 Å². The van der Waals surface area contributed by atoms with Crippen molar-refractivity contribution in [1.82, 2.24) is 0 Å².